The number of ether oxygens (including phenoxy) is 1. The molecule has 1 rings (SSSR count). The number of rotatable bonds is 3. The van der Waals surface area contributed by atoms with Crippen molar-refractivity contribution in [2.75, 3.05) is 12.4 Å². The molecule has 0 aliphatic rings. The van der Waals surface area contributed by atoms with Gasteiger partial charge in [-0.2, -0.15) is 0 Å². The van der Waals surface area contributed by atoms with Crippen molar-refractivity contribution >= 4 is 17.6 Å². The molecule has 1 aromatic rings. The van der Waals surface area contributed by atoms with Gasteiger partial charge in [0.15, 0.2) is 0 Å². The summed E-state index contributed by atoms with van der Waals surface area (Å²) in [5.41, 5.74) is 1.47. The highest BCUT2D eigenvalue weighted by Gasteiger charge is 2.37. The lowest BCUT2D eigenvalue weighted by molar-refractivity contribution is -0.154. The van der Waals surface area contributed by atoms with E-state index in [1.807, 2.05) is 32.0 Å². The maximum Gasteiger partial charge on any atom is 0.320 e. The number of anilines is 1. The zero-order valence-electron chi connectivity index (χ0n) is 11.5. The Labute approximate surface area is 107 Å². The van der Waals surface area contributed by atoms with Crippen LogP contribution < -0.4 is 5.32 Å². The number of carbonyl (C=O) groups is 2. The molecular weight excluding hydrogens is 230 g/mol. The smallest absolute Gasteiger partial charge is 0.320 e. The fraction of sp³-hybridized carbons (Fsp3) is 0.429. The maximum atomic E-state index is 12.1. The molecule has 0 atom stereocenters. The minimum Gasteiger partial charge on any atom is -0.468 e. The summed E-state index contributed by atoms with van der Waals surface area (Å²) in [5.74, 6) is -0.919. The molecule has 0 saturated carbocycles. The van der Waals surface area contributed by atoms with E-state index >= 15 is 0 Å². The number of nitrogens with one attached hydrogen (secondary N) is 1. The Morgan fingerprint density at radius 1 is 1.17 bits per heavy atom. The fourth-order valence-electron chi connectivity index (χ4n) is 1.63. The summed E-state index contributed by atoms with van der Waals surface area (Å²) >= 11 is 0. The van der Waals surface area contributed by atoms with Crippen LogP contribution in [0.1, 0.15) is 25.0 Å². The highest BCUT2D eigenvalue weighted by molar-refractivity contribution is 6.08. The van der Waals surface area contributed by atoms with Crippen molar-refractivity contribution in [2.24, 2.45) is 5.41 Å². The average Bonchev–Trinajstić information content (AvgIpc) is 2.32. The minimum absolute atomic E-state index is 0.369. The predicted octanol–water partition coefficient (Wildman–Crippen LogP) is 2.44. The molecule has 1 aromatic carbocycles. The van der Waals surface area contributed by atoms with Crippen LogP contribution in [0.25, 0.3) is 0 Å². The number of carbonyl (C=O) groups excluding carboxylic acids is 2. The van der Waals surface area contributed by atoms with Gasteiger partial charge in [0.05, 0.1) is 7.11 Å². The van der Waals surface area contributed by atoms with Crippen molar-refractivity contribution in [3.05, 3.63) is 29.3 Å². The largest absolute Gasteiger partial charge is 0.468 e. The van der Waals surface area contributed by atoms with Crippen LogP contribution in [-0.4, -0.2) is 19.0 Å². The molecule has 4 nitrogen and oxygen atoms in total. The first-order chi connectivity index (χ1) is 8.30. The number of methoxy groups -OCH3 is 1. The monoisotopic (exact) mass is 249 g/mol. The van der Waals surface area contributed by atoms with E-state index in [1.165, 1.54) is 7.11 Å². The molecule has 0 spiro atoms. The minimum atomic E-state index is -1.20. The lowest BCUT2D eigenvalue weighted by Crippen LogP contribution is -2.39. The number of benzene rings is 1. The maximum absolute atomic E-state index is 12.1. The Kier molecular flexibility index (Phi) is 4.11. The normalized spacial score (nSPS) is 10.9. The standard InChI is InChI=1S/C14H19NO3/c1-9-7-6-8-10(2)11(9)15-12(16)14(3,4)13(17)18-5/h6-8H,1-5H3,(H,15,16). The van der Waals surface area contributed by atoms with Gasteiger partial charge in [-0.25, -0.2) is 0 Å². The average molecular weight is 249 g/mol. The van der Waals surface area contributed by atoms with Gasteiger partial charge >= 0.3 is 5.97 Å². The molecule has 0 aliphatic heterocycles. The second kappa shape index (κ2) is 5.21. The van der Waals surface area contributed by atoms with Crippen LogP contribution in [0.5, 0.6) is 0 Å². The molecule has 4 heteroatoms. The van der Waals surface area contributed by atoms with Gasteiger partial charge < -0.3 is 10.1 Å². The van der Waals surface area contributed by atoms with Crippen molar-refractivity contribution < 1.29 is 14.3 Å². The van der Waals surface area contributed by atoms with Gasteiger partial charge in [-0.1, -0.05) is 18.2 Å². The Hall–Kier alpha value is -1.84. The van der Waals surface area contributed by atoms with Crippen molar-refractivity contribution in [1.82, 2.24) is 0 Å². The van der Waals surface area contributed by atoms with Gasteiger partial charge in [-0.05, 0) is 38.8 Å². The van der Waals surface area contributed by atoms with Crippen LogP contribution in [-0.2, 0) is 14.3 Å². The predicted molar refractivity (Wildman–Crippen MR) is 70.3 cm³/mol. The van der Waals surface area contributed by atoms with Gasteiger partial charge in [0, 0.05) is 5.69 Å². The highest BCUT2D eigenvalue weighted by atomic mass is 16.5. The van der Waals surface area contributed by atoms with E-state index in [4.69, 9.17) is 0 Å². The summed E-state index contributed by atoms with van der Waals surface area (Å²) in [6.07, 6.45) is 0. The van der Waals surface area contributed by atoms with Crippen LogP contribution in [0.3, 0.4) is 0 Å². The second-order valence-corrected chi connectivity index (χ2v) is 4.84. The molecule has 18 heavy (non-hydrogen) atoms. The molecule has 0 saturated heterocycles. The zero-order valence-corrected chi connectivity index (χ0v) is 11.5. The Bertz CT molecular complexity index is 458. The van der Waals surface area contributed by atoms with E-state index in [0.717, 1.165) is 16.8 Å². The summed E-state index contributed by atoms with van der Waals surface area (Å²) in [6, 6.07) is 5.74. The van der Waals surface area contributed by atoms with Crippen LogP contribution in [0.2, 0.25) is 0 Å². The molecule has 0 radical (unpaired) electrons. The van der Waals surface area contributed by atoms with E-state index in [9.17, 15) is 9.59 Å². The van der Waals surface area contributed by atoms with E-state index in [1.54, 1.807) is 13.8 Å². The number of para-hydroxylation sites is 1. The summed E-state index contributed by atoms with van der Waals surface area (Å²) < 4.78 is 4.63. The first-order valence-electron chi connectivity index (χ1n) is 5.76. The Morgan fingerprint density at radius 2 is 1.67 bits per heavy atom. The number of hydrogen-bond donors (Lipinski definition) is 1. The molecule has 1 N–H and O–H groups in total. The topological polar surface area (TPSA) is 55.4 Å². The molecule has 0 unspecified atom stereocenters. The van der Waals surface area contributed by atoms with Crippen molar-refractivity contribution in [3.8, 4) is 0 Å². The third-order valence-electron chi connectivity index (χ3n) is 2.98. The van der Waals surface area contributed by atoms with E-state index < -0.39 is 11.4 Å². The van der Waals surface area contributed by atoms with Crippen LogP contribution in [0.4, 0.5) is 5.69 Å². The van der Waals surface area contributed by atoms with Crippen molar-refractivity contribution in [1.29, 1.82) is 0 Å². The number of aryl methyl sites for hydroxylation is 2. The third-order valence-corrected chi connectivity index (χ3v) is 2.98. The van der Waals surface area contributed by atoms with Crippen LogP contribution >= 0.6 is 0 Å². The molecule has 98 valence electrons. The summed E-state index contributed by atoms with van der Waals surface area (Å²) in [4.78, 5) is 23.7. The molecular formula is C14H19NO3. The molecule has 0 bridgehead atoms. The first kappa shape index (κ1) is 14.2. The van der Waals surface area contributed by atoms with Crippen molar-refractivity contribution in [2.45, 2.75) is 27.7 Å². The molecule has 1 amide bonds. The Balaban J connectivity index is 2.98. The van der Waals surface area contributed by atoms with E-state index in [-0.39, 0.29) is 5.91 Å². The molecule has 0 fully saturated rings. The quantitative estimate of drug-likeness (QED) is 0.661. The molecule has 0 aliphatic carbocycles. The number of amides is 1. The lowest BCUT2D eigenvalue weighted by Gasteiger charge is -2.22. The SMILES string of the molecule is COC(=O)C(C)(C)C(=O)Nc1c(C)cccc1C. The van der Waals surface area contributed by atoms with E-state index in [2.05, 4.69) is 10.1 Å². The first-order valence-corrected chi connectivity index (χ1v) is 5.76. The number of hydrogen-bond acceptors (Lipinski definition) is 3. The molecule has 0 aromatic heterocycles. The highest BCUT2D eigenvalue weighted by Crippen LogP contribution is 2.24. The van der Waals surface area contributed by atoms with Gasteiger partial charge in [-0.3, -0.25) is 9.59 Å². The summed E-state index contributed by atoms with van der Waals surface area (Å²) in [5, 5.41) is 2.79. The van der Waals surface area contributed by atoms with Gasteiger partial charge in [-0.15, -0.1) is 0 Å². The number of esters is 1. The van der Waals surface area contributed by atoms with Crippen LogP contribution in [0.15, 0.2) is 18.2 Å². The van der Waals surface area contributed by atoms with Crippen molar-refractivity contribution in [3.63, 3.8) is 0 Å². The fourth-order valence-corrected chi connectivity index (χ4v) is 1.63. The van der Waals surface area contributed by atoms with E-state index in [0.29, 0.717) is 0 Å². The summed E-state index contributed by atoms with van der Waals surface area (Å²) in [7, 11) is 1.27. The third kappa shape index (κ3) is 2.70. The zero-order chi connectivity index (χ0) is 13.9. The molecule has 0 heterocycles. The lowest BCUT2D eigenvalue weighted by atomic mass is 9.92. The van der Waals surface area contributed by atoms with Gasteiger partial charge in [0.1, 0.15) is 5.41 Å². The van der Waals surface area contributed by atoms with Crippen LogP contribution in [0, 0.1) is 19.3 Å². The van der Waals surface area contributed by atoms with Gasteiger partial charge in [0.25, 0.3) is 0 Å². The Morgan fingerprint density at radius 3 is 2.11 bits per heavy atom. The van der Waals surface area contributed by atoms with Gasteiger partial charge in [0.2, 0.25) is 5.91 Å². The second-order valence-electron chi connectivity index (χ2n) is 4.84. The summed E-state index contributed by atoms with van der Waals surface area (Å²) in [6.45, 7) is 6.91.